The van der Waals surface area contributed by atoms with Crippen molar-refractivity contribution in [3.05, 3.63) is 30.1 Å². The highest BCUT2D eigenvalue weighted by atomic mass is 16.5. The van der Waals surface area contributed by atoms with Crippen LogP contribution in [-0.2, 0) is 6.42 Å². The zero-order valence-corrected chi connectivity index (χ0v) is 12.7. The minimum absolute atomic E-state index is 0.670. The lowest BCUT2D eigenvalue weighted by Crippen LogP contribution is -2.05. The maximum atomic E-state index is 5.31. The smallest absolute Gasteiger partial charge is 0.162 e. The Morgan fingerprint density at radius 2 is 1.76 bits per heavy atom. The monoisotopic (exact) mass is 288 g/mol. The largest absolute Gasteiger partial charge is 0.493 e. The summed E-state index contributed by atoms with van der Waals surface area (Å²) in [5.74, 6) is 2.97. The van der Waals surface area contributed by atoms with Crippen molar-refractivity contribution in [1.82, 2.24) is 9.97 Å². The molecule has 1 aromatic carbocycles. The van der Waals surface area contributed by atoms with Crippen LogP contribution in [-0.4, -0.2) is 31.2 Å². The molecule has 0 aliphatic heterocycles. The number of nitrogens with one attached hydrogen (secondary N) is 2. The van der Waals surface area contributed by atoms with Crippen molar-refractivity contribution in [2.45, 2.75) is 13.3 Å². The van der Waals surface area contributed by atoms with Gasteiger partial charge >= 0.3 is 0 Å². The maximum absolute atomic E-state index is 5.31. The summed E-state index contributed by atoms with van der Waals surface area (Å²) in [5.41, 5.74) is 1.91. The molecule has 0 spiro atoms. The van der Waals surface area contributed by atoms with Crippen LogP contribution in [0, 0.1) is 0 Å². The SMILES string of the molecule is CCc1c(NC)ncnc1Nc1ccc(OC)c(OC)c1. The molecule has 1 aromatic heterocycles. The third-order valence-corrected chi connectivity index (χ3v) is 3.18. The number of anilines is 3. The molecule has 6 nitrogen and oxygen atoms in total. The highest BCUT2D eigenvalue weighted by Crippen LogP contribution is 2.32. The maximum Gasteiger partial charge on any atom is 0.162 e. The van der Waals surface area contributed by atoms with Crippen LogP contribution in [0.1, 0.15) is 12.5 Å². The van der Waals surface area contributed by atoms with E-state index >= 15 is 0 Å². The predicted molar refractivity (Wildman–Crippen MR) is 83.8 cm³/mol. The zero-order valence-electron chi connectivity index (χ0n) is 12.7. The molecule has 0 aliphatic rings. The second-order valence-electron chi connectivity index (χ2n) is 4.35. The number of rotatable bonds is 6. The van der Waals surface area contributed by atoms with Gasteiger partial charge in [0.05, 0.1) is 14.2 Å². The number of nitrogens with zero attached hydrogens (tertiary/aromatic N) is 2. The fraction of sp³-hybridized carbons (Fsp3) is 0.333. The van der Waals surface area contributed by atoms with Crippen molar-refractivity contribution in [2.75, 3.05) is 31.9 Å². The van der Waals surface area contributed by atoms with Gasteiger partial charge in [-0.15, -0.1) is 0 Å². The van der Waals surface area contributed by atoms with Crippen LogP contribution in [0.25, 0.3) is 0 Å². The highest BCUT2D eigenvalue weighted by molar-refractivity contribution is 5.66. The third-order valence-electron chi connectivity index (χ3n) is 3.18. The van der Waals surface area contributed by atoms with Crippen LogP contribution in [0.5, 0.6) is 11.5 Å². The quantitative estimate of drug-likeness (QED) is 0.852. The standard InChI is InChI=1S/C15H20N4O2/c1-5-11-14(16-2)17-9-18-15(11)19-10-6-7-12(20-3)13(8-10)21-4/h6-9H,5H2,1-4H3,(H2,16,17,18,19). The summed E-state index contributed by atoms with van der Waals surface area (Å²) in [4.78, 5) is 8.54. The van der Waals surface area contributed by atoms with E-state index in [0.29, 0.717) is 11.5 Å². The van der Waals surface area contributed by atoms with Gasteiger partial charge in [0.15, 0.2) is 11.5 Å². The van der Waals surface area contributed by atoms with Gasteiger partial charge in [-0.05, 0) is 18.6 Å². The van der Waals surface area contributed by atoms with Gasteiger partial charge in [0.2, 0.25) is 0 Å². The number of hydrogen-bond acceptors (Lipinski definition) is 6. The first-order valence-electron chi connectivity index (χ1n) is 6.74. The Hall–Kier alpha value is -2.50. The Labute approximate surface area is 124 Å². The molecule has 0 unspecified atom stereocenters. The summed E-state index contributed by atoms with van der Waals surface area (Å²) in [6.45, 7) is 2.07. The Kier molecular flexibility index (Phi) is 4.81. The average Bonchev–Trinajstić information content (AvgIpc) is 2.54. The highest BCUT2D eigenvalue weighted by Gasteiger charge is 2.10. The second-order valence-corrected chi connectivity index (χ2v) is 4.35. The number of methoxy groups -OCH3 is 2. The van der Waals surface area contributed by atoms with Crippen LogP contribution < -0.4 is 20.1 Å². The summed E-state index contributed by atoms with van der Waals surface area (Å²) in [5, 5.41) is 6.38. The van der Waals surface area contributed by atoms with E-state index in [4.69, 9.17) is 9.47 Å². The summed E-state index contributed by atoms with van der Waals surface area (Å²) < 4.78 is 10.5. The van der Waals surface area contributed by atoms with Crippen molar-refractivity contribution in [2.24, 2.45) is 0 Å². The number of aromatic nitrogens is 2. The van der Waals surface area contributed by atoms with E-state index in [1.165, 1.54) is 6.33 Å². The molecule has 112 valence electrons. The Morgan fingerprint density at radius 1 is 1.05 bits per heavy atom. The first-order valence-corrected chi connectivity index (χ1v) is 6.74. The first-order chi connectivity index (χ1) is 10.2. The van der Waals surface area contributed by atoms with Gasteiger partial charge in [0.25, 0.3) is 0 Å². The molecule has 2 rings (SSSR count). The molecule has 0 aliphatic carbocycles. The molecule has 0 amide bonds. The fourth-order valence-electron chi connectivity index (χ4n) is 2.12. The minimum atomic E-state index is 0.670. The van der Waals surface area contributed by atoms with Gasteiger partial charge < -0.3 is 20.1 Å². The van der Waals surface area contributed by atoms with E-state index in [1.807, 2.05) is 25.2 Å². The van der Waals surface area contributed by atoms with Crippen LogP contribution in [0.4, 0.5) is 17.3 Å². The van der Waals surface area contributed by atoms with Gasteiger partial charge in [0, 0.05) is 24.4 Å². The molecule has 2 aromatic rings. The molecular formula is C15H20N4O2. The van der Waals surface area contributed by atoms with E-state index in [2.05, 4.69) is 27.5 Å². The summed E-state index contributed by atoms with van der Waals surface area (Å²) in [7, 11) is 5.08. The van der Waals surface area contributed by atoms with E-state index in [9.17, 15) is 0 Å². The third kappa shape index (κ3) is 3.16. The zero-order chi connectivity index (χ0) is 15.2. The van der Waals surface area contributed by atoms with Crippen LogP contribution in [0.3, 0.4) is 0 Å². The molecule has 0 saturated carbocycles. The van der Waals surface area contributed by atoms with E-state index in [1.54, 1.807) is 14.2 Å². The van der Waals surface area contributed by atoms with Gasteiger partial charge in [-0.25, -0.2) is 9.97 Å². The van der Waals surface area contributed by atoms with Crippen molar-refractivity contribution in [3.63, 3.8) is 0 Å². The Balaban J connectivity index is 2.34. The number of hydrogen-bond donors (Lipinski definition) is 2. The molecule has 6 heteroatoms. The average molecular weight is 288 g/mol. The van der Waals surface area contributed by atoms with Crippen molar-refractivity contribution < 1.29 is 9.47 Å². The van der Waals surface area contributed by atoms with Gasteiger partial charge in [-0.2, -0.15) is 0 Å². The Morgan fingerprint density at radius 3 is 2.38 bits per heavy atom. The minimum Gasteiger partial charge on any atom is -0.493 e. The van der Waals surface area contributed by atoms with Gasteiger partial charge in [0.1, 0.15) is 18.0 Å². The lowest BCUT2D eigenvalue weighted by atomic mass is 10.2. The molecule has 0 fully saturated rings. The lowest BCUT2D eigenvalue weighted by molar-refractivity contribution is 0.355. The van der Waals surface area contributed by atoms with Gasteiger partial charge in [-0.3, -0.25) is 0 Å². The summed E-state index contributed by atoms with van der Waals surface area (Å²) in [6, 6.07) is 5.65. The molecule has 21 heavy (non-hydrogen) atoms. The second kappa shape index (κ2) is 6.78. The first kappa shape index (κ1) is 14.9. The topological polar surface area (TPSA) is 68.3 Å². The summed E-state index contributed by atoms with van der Waals surface area (Å²) >= 11 is 0. The number of benzene rings is 1. The number of ether oxygens (including phenoxy) is 2. The van der Waals surface area contributed by atoms with Crippen molar-refractivity contribution in [1.29, 1.82) is 0 Å². The lowest BCUT2D eigenvalue weighted by Gasteiger charge is -2.14. The van der Waals surface area contributed by atoms with E-state index in [0.717, 1.165) is 29.3 Å². The fourth-order valence-corrected chi connectivity index (χ4v) is 2.12. The van der Waals surface area contributed by atoms with Crippen LogP contribution in [0.2, 0.25) is 0 Å². The molecule has 2 N–H and O–H groups in total. The van der Waals surface area contributed by atoms with Crippen molar-refractivity contribution >= 4 is 17.3 Å². The Bertz CT molecular complexity index is 617. The molecular weight excluding hydrogens is 268 g/mol. The van der Waals surface area contributed by atoms with Crippen molar-refractivity contribution in [3.8, 4) is 11.5 Å². The van der Waals surface area contributed by atoms with Crippen LogP contribution >= 0.6 is 0 Å². The predicted octanol–water partition coefficient (Wildman–Crippen LogP) is 2.84. The molecule has 0 bridgehead atoms. The van der Waals surface area contributed by atoms with Gasteiger partial charge in [-0.1, -0.05) is 6.92 Å². The normalized spacial score (nSPS) is 10.1. The van der Waals surface area contributed by atoms with E-state index < -0.39 is 0 Å². The molecule has 0 atom stereocenters. The van der Waals surface area contributed by atoms with Crippen LogP contribution in [0.15, 0.2) is 24.5 Å². The molecule has 0 saturated heterocycles. The molecule has 1 heterocycles. The summed E-state index contributed by atoms with van der Waals surface area (Å²) in [6.07, 6.45) is 2.36. The van der Waals surface area contributed by atoms with E-state index in [-0.39, 0.29) is 0 Å². The molecule has 0 radical (unpaired) electrons.